The van der Waals surface area contributed by atoms with Crippen molar-refractivity contribution in [2.75, 3.05) is 39.3 Å². The predicted molar refractivity (Wildman–Crippen MR) is 112 cm³/mol. The summed E-state index contributed by atoms with van der Waals surface area (Å²) in [7, 11) is -3.81. The number of nitrogens with one attached hydrogen (secondary N) is 1. The molecule has 1 aliphatic rings. The van der Waals surface area contributed by atoms with Gasteiger partial charge in [-0.2, -0.15) is 4.31 Å². The van der Waals surface area contributed by atoms with Crippen molar-refractivity contribution in [3.05, 3.63) is 58.3 Å². The summed E-state index contributed by atoms with van der Waals surface area (Å²) >= 11 is 11.9. The van der Waals surface area contributed by atoms with Gasteiger partial charge in [0.25, 0.3) is 0 Å². The standard InChI is InChI=1S/C19H20Cl2FN3O4S/c20-14-1-6-17(21)18(13-14)30(27,28)25-10-8-24(9-11-25)19(26)23-7-12-29-16-4-2-15(22)3-5-16/h1-6,13H,7-12H2,(H,23,26). The first-order valence-corrected chi connectivity index (χ1v) is 11.3. The molecule has 0 atom stereocenters. The van der Waals surface area contributed by atoms with Gasteiger partial charge in [-0.05, 0) is 42.5 Å². The lowest BCUT2D eigenvalue weighted by atomic mass is 10.3. The number of hydrogen-bond donors (Lipinski definition) is 1. The van der Waals surface area contributed by atoms with Gasteiger partial charge in [-0.15, -0.1) is 0 Å². The summed E-state index contributed by atoms with van der Waals surface area (Å²) < 4.78 is 45.2. The van der Waals surface area contributed by atoms with E-state index in [4.69, 9.17) is 27.9 Å². The van der Waals surface area contributed by atoms with Gasteiger partial charge in [-0.1, -0.05) is 23.2 Å². The van der Waals surface area contributed by atoms with Crippen LogP contribution in [0.3, 0.4) is 0 Å². The van der Waals surface area contributed by atoms with Gasteiger partial charge in [-0.25, -0.2) is 17.6 Å². The number of amides is 2. The highest BCUT2D eigenvalue weighted by Crippen LogP contribution is 2.28. The van der Waals surface area contributed by atoms with Crippen molar-refractivity contribution in [2.24, 2.45) is 0 Å². The molecule has 0 unspecified atom stereocenters. The number of benzene rings is 2. The first-order valence-electron chi connectivity index (χ1n) is 9.14. The average molecular weight is 476 g/mol. The number of hydrogen-bond acceptors (Lipinski definition) is 4. The zero-order valence-electron chi connectivity index (χ0n) is 15.9. The summed E-state index contributed by atoms with van der Waals surface area (Å²) in [5, 5.41) is 3.09. The van der Waals surface area contributed by atoms with E-state index in [9.17, 15) is 17.6 Å². The minimum absolute atomic E-state index is 0.0486. The van der Waals surface area contributed by atoms with E-state index in [1.54, 1.807) is 0 Å². The molecule has 11 heteroatoms. The molecule has 1 heterocycles. The van der Waals surface area contributed by atoms with Crippen LogP contribution in [0.25, 0.3) is 0 Å². The molecule has 0 aliphatic carbocycles. The second-order valence-electron chi connectivity index (χ2n) is 6.50. The third-order valence-corrected chi connectivity index (χ3v) is 7.11. The number of halogens is 3. The third kappa shape index (κ3) is 5.54. The summed E-state index contributed by atoms with van der Waals surface area (Å²) in [6.45, 7) is 1.24. The number of rotatable bonds is 6. The van der Waals surface area contributed by atoms with Crippen LogP contribution in [0.5, 0.6) is 5.75 Å². The van der Waals surface area contributed by atoms with Gasteiger partial charge in [0, 0.05) is 31.2 Å². The summed E-state index contributed by atoms with van der Waals surface area (Å²) in [4.78, 5) is 13.8. The summed E-state index contributed by atoms with van der Waals surface area (Å²) in [6, 6.07) is 9.55. The lowest BCUT2D eigenvalue weighted by molar-refractivity contribution is 0.170. The van der Waals surface area contributed by atoms with E-state index in [-0.39, 0.29) is 66.1 Å². The van der Waals surface area contributed by atoms with Gasteiger partial charge in [0.2, 0.25) is 10.0 Å². The fourth-order valence-electron chi connectivity index (χ4n) is 2.91. The molecule has 162 valence electrons. The van der Waals surface area contributed by atoms with Gasteiger partial charge in [0.05, 0.1) is 11.6 Å². The minimum atomic E-state index is -3.81. The average Bonchev–Trinajstić information content (AvgIpc) is 2.74. The largest absolute Gasteiger partial charge is 0.492 e. The topological polar surface area (TPSA) is 79.0 Å². The Bertz CT molecular complexity index is 997. The molecule has 0 spiro atoms. The first kappa shape index (κ1) is 22.6. The van der Waals surface area contributed by atoms with Gasteiger partial charge < -0.3 is 15.0 Å². The van der Waals surface area contributed by atoms with Gasteiger partial charge in [0.1, 0.15) is 23.1 Å². The molecule has 0 aromatic heterocycles. The molecule has 30 heavy (non-hydrogen) atoms. The monoisotopic (exact) mass is 475 g/mol. The Kier molecular flexibility index (Phi) is 7.41. The molecule has 3 rings (SSSR count). The molecular formula is C19H20Cl2FN3O4S. The van der Waals surface area contributed by atoms with Crippen LogP contribution in [0.4, 0.5) is 9.18 Å². The van der Waals surface area contributed by atoms with E-state index in [0.717, 1.165) is 0 Å². The predicted octanol–water partition coefficient (Wildman–Crippen LogP) is 3.23. The van der Waals surface area contributed by atoms with Crippen LogP contribution < -0.4 is 10.1 Å². The van der Waals surface area contributed by atoms with Crippen LogP contribution in [-0.2, 0) is 10.0 Å². The van der Waals surface area contributed by atoms with E-state index in [2.05, 4.69) is 5.32 Å². The molecule has 1 aliphatic heterocycles. The maximum atomic E-state index is 12.9. The number of urea groups is 1. The smallest absolute Gasteiger partial charge is 0.317 e. The molecule has 2 aromatic rings. The Balaban J connectivity index is 1.47. The van der Waals surface area contributed by atoms with Crippen LogP contribution in [0.1, 0.15) is 0 Å². The number of sulfonamides is 1. The summed E-state index contributed by atoms with van der Waals surface area (Å²) in [6.07, 6.45) is 0. The number of piperazine rings is 1. The maximum Gasteiger partial charge on any atom is 0.317 e. The quantitative estimate of drug-likeness (QED) is 0.650. The van der Waals surface area contributed by atoms with Crippen molar-refractivity contribution in [2.45, 2.75) is 4.90 Å². The summed E-state index contributed by atoms with van der Waals surface area (Å²) in [5.74, 6) is 0.151. The molecule has 0 radical (unpaired) electrons. The van der Waals surface area contributed by atoms with Crippen molar-refractivity contribution >= 4 is 39.3 Å². The molecule has 2 amide bonds. The van der Waals surface area contributed by atoms with Crippen LogP contribution >= 0.6 is 23.2 Å². The van der Waals surface area contributed by atoms with Gasteiger partial charge in [0.15, 0.2) is 0 Å². The zero-order valence-corrected chi connectivity index (χ0v) is 18.2. The van der Waals surface area contributed by atoms with Gasteiger partial charge in [-0.3, -0.25) is 0 Å². The zero-order chi connectivity index (χ0) is 21.7. The highest BCUT2D eigenvalue weighted by Gasteiger charge is 2.31. The second-order valence-corrected chi connectivity index (χ2v) is 9.25. The molecule has 0 bridgehead atoms. The van der Waals surface area contributed by atoms with Crippen molar-refractivity contribution in [1.29, 1.82) is 0 Å². The van der Waals surface area contributed by atoms with Crippen LogP contribution in [0.2, 0.25) is 10.0 Å². The van der Waals surface area contributed by atoms with Crippen LogP contribution in [0.15, 0.2) is 47.4 Å². The molecule has 0 saturated carbocycles. The molecular weight excluding hydrogens is 456 g/mol. The second kappa shape index (κ2) is 9.82. The molecule has 1 N–H and O–H groups in total. The van der Waals surface area contributed by atoms with Crippen molar-refractivity contribution in [3.63, 3.8) is 0 Å². The number of carbonyl (C=O) groups is 1. The maximum absolute atomic E-state index is 12.9. The fourth-order valence-corrected chi connectivity index (χ4v) is 5.07. The molecule has 1 saturated heterocycles. The van der Waals surface area contributed by atoms with Gasteiger partial charge >= 0.3 is 6.03 Å². The van der Waals surface area contributed by atoms with Crippen LogP contribution in [-0.4, -0.2) is 63.0 Å². The lowest BCUT2D eigenvalue weighted by Gasteiger charge is -2.34. The Morgan fingerprint density at radius 1 is 1.07 bits per heavy atom. The molecule has 2 aromatic carbocycles. The lowest BCUT2D eigenvalue weighted by Crippen LogP contribution is -2.53. The Morgan fingerprint density at radius 3 is 2.40 bits per heavy atom. The summed E-state index contributed by atoms with van der Waals surface area (Å²) in [5.41, 5.74) is 0. The van der Waals surface area contributed by atoms with E-state index in [0.29, 0.717) is 5.75 Å². The van der Waals surface area contributed by atoms with E-state index < -0.39 is 10.0 Å². The molecule has 7 nitrogen and oxygen atoms in total. The fraction of sp³-hybridized carbons (Fsp3) is 0.316. The first-order chi connectivity index (χ1) is 14.3. The minimum Gasteiger partial charge on any atom is -0.492 e. The van der Waals surface area contributed by atoms with Crippen molar-refractivity contribution < 1.29 is 22.3 Å². The van der Waals surface area contributed by atoms with Crippen molar-refractivity contribution in [1.82, 2.24) is 14.5 Å². The van der Waals surface area contributed by atoms with E-state index in [1.807, 2.05) is 0 Å². The normalized spacial score (nSPS) is 15.1. The number of nitrogens with zero attached hydrogens (tertiary/aromatic N) is 2. The SMILES string of the molecule is O=C(NCCOc1ccc(F)cc1)N1CCN(S(=O)(=O)c2cc(Cl)ccc2Cl)CC1. The molecule has 1 fully saturated rings. The highest BCUT2D eigenvalue weighted by molar-refractivity contribution is 7.89. The number of carbonyl (C=O) groups excluding carboxylic acids is 1. The Hall–Kier alpha value is -2.07. The Labute approximate surface area is 184 Å². The van der Waals surface area contributed by atoms with E-state index in [1.165, 1.54) is 51.7 Å². The van der Waals surface area contributed by atoms with Crippen LogP contribution in [0, 0.1) is 5.82 Å². The third-order valence-electron chi connectivity index (χ3n) is 4.50. The number of ether oxygens (including phenoxy) is 1. The Morgan fingerprint density at radius 2 is 1.73 bits per heavy atom. The highest BCUT2D eigenvalue weighted by atomic mass is 35.5. The van der Waals surface area contributed by atoms with Crippen molar-refractivity contribution in [3.8, 4) is 5.75 Å². The van der Waals surface area contributed by atoms with E-state index >= 15 is 0 Å².